The molecule has 2 nitrogen and oxygen atoms in total. The fourth-order valence-corrected chi connectivity index (χ4v) is 1.35. The van der Waals surface area contributed by atoms with Crippen LogP contribution < -0.4 is 5.73 Å². The summed E-state index contributed by atoms with van der Waals surface area (Å²) in [6, 6.07) is 4.95. The second kappa shape index (κ2) is 4.29. The minimum Gasteiger partial charge on any atom is -0.366 e. The minimum atomic E-state index is -0.495. The predicted molar refractivity (Wildman–Crippen MR) is 58.3 cm³/mol. The van der Waals surface area contributed by atoms with Crippen molar-refractivity contribution in [3.05, 3.63) is 53.9 Å². The van der Waals surface area contributed by atoms with Gasteiger partial charge in [-0.1, -0.05) is 17.7 Å². The summed E-state index contributed by atoms with van der Waals surface area (Å²) < 4.78 is 0. The van der Waals surface area contributed by atoms with Gasteiger partial charge in [0.2, 0.25) is 5.91 Å². The summed E-state index contributed by atoms with van der Waals surface area (Å²) >= 11 is 5.83. The molecule has 1 unspecified atom stereocenters. The standard InChI is InChI=1S/C11H11ClNO/c1-3-7(2)8-4-9(11(13)14)6-10(12)5-8/h3-7H,1-2H2,(H2,13,14). The molecule has 2 N–H and O–H groups in total. The number of rotatable bonds is 3. The van der Waals surface area contributed by atoms with Crippen molar-refractivity contribution in [1.29, 1.82) is 0 Å². The normalized spacial score (nSPS) is 12.1. The number of amides is 1. The Morgan fingerprint density at radius 2 is 2.14 bits per heavy atom. The molecule has 0 saturated carbocycles. The third-order valence-corrected chi connectivity index (χ3v) is 2.14. The van der Waals surface area contributed by atoms with Crippen LogP contribution in [0.15, 0.2) is 30.9 Å². The molecule has 0 heterocycles. The minimum absolute atomic E-state index is 0.0909. The third kappa shape index (κ3) is 2.36. The maximum atomic E-state index is 10.9. The monoisotopic (exact) mass is 208 g/mol. The number of carbonyl (C=O) groups excluding carboxylic acids is 1. The largest absolute Gasteiger partial charge is 0.366 e. The van der Waals surface area contributed by atoms with Gasteiger partial charge in [-0.2, -0.15) is 0 Å². The molecule has 1 aromatic rings. The maximum absolute atomic E-state index is 10.9. The number of hydrogen-bond donors (Lipinski definition) is 1. The van der Waals surface area contributed by atoms with Crippen LogP contribution >= 0.6 is 11.6 Å². The molecule has 0 aliphatic carbocycles. The highest BCUT2D eigenvalue weighted by atomic mass is 35.5. The van der Waals surface area contributed by atoms with Gasteiger partial charge in [-0.05, 0) is 30.7 Å². The number of benzene rings is 1. The van der Waals surface area contributed by atoms with Gasteiger partial charge in [0.1, 0.15) is 0 Å². The number of allylic oxidation sites excluding steroid dienone is 1. The summed E-state index contributed by atoms with van der Waals surface area (Å²) in [5.41, 5.74) is 6.38. The SMILES string of the molecule is [CH2]C(C=C)c1cc(Cl)cc(C(N)=O)c1. The zero-order valence-electron chi connectivity index (χ0n) is 7.66. The lowest BCUT2D eigenvalue weighted by Crippen LogP contribution is -2.11. The Bertz CT molecular complexity index is 374. The van der Waals surface area contributed by atoms with Gasteiger partial charge in [-0.25, -0.2) is 0 Å². The second-order valence-electron chi connectivity index (χ2n) is 2.98. The lowest BCUT2D eigenvalue weighted by Gasteiger charge is -2.08. The molecule has 0 fully saturated rings. The van der Waals surface area contributed by atoms with Gasteiger partial charge in [0.05, 0.1) is 0 Å². The highest BCUT2D eigenvalue weighted by molar-refractivity contribution is 6.31. The number of halogens is 1. The van der Waals surface area contributed by atoms with Gasteiger partial charge in [0.15, 0.2) is 0 Å². The van der Waals surface area contributed by atoms with Crippen LogP contribution in [0.4, 0.5) is 0 Å². The van der Waals surface area contributed by atoms with Crippen molar-refractivity contribution < 1.29 is 4.79 Å². The molecule has 14 heavy (non-hydrogen) atoms. The summed E-state index contributed by atoms with van der Waals surface area (Å²) in [7, 11) is 0. The summed E-state index contributed by atoms with van der Waals surface area (Å²) in [5, 5.41) is 0.479. The molecule has 73 valence electrons. The van der Waals surface area contributed by atoms with Crippen molar-refractivity contribution in [2.75, 3.05) is 0 Å². The average Bonchev–Trinajstić information content (AvgIpc) is 2.15. The van der Waals surface area contributed by atoms with Gasteiger partial charge in [-0.3, -0.25) is 4.79 Å². The van der Waals surface area contributed by atoms with Crippen LogP contribution in [0.5, 0.6) is 0 Å². The summed E-state index contributed by atoms with van der Waals surface area (Å²) in [6.45, 7) is 7.46. The summed E-state index contributed by atoms with van der Waals surface area (Å²) in [6.07, 6.45) is 1.68. The van der Waals surface area contributed by atoms with E-state index in [9.17, 15) is 4.79 Å². The van der Waals surface area contributed by atoms with Gasteiger partial charge >= 0.3 is 0 Å². The molecule has 1 aromatic carbocycles. The van der Waals surface area contributed by atoms with Crippen LogP contribution in [0.1, 0.15) is 21.8 Å². The zero-order valence-corrected chi connectivity index (χ0v) is 8.42. The van der Waals surface area contributed by atoms with Crippen molar-refractivity contribution in [2.24, 2.45) is 5.73 Å². The number of hydrogen-bond acceptors (Lipinski definition) is 1. The number of carbonyl (C=O) groups is 1. The van der Waals surface area contributed by atoms with E-state index in [1.54, 1.807) is 18.2 Å². The molecule has 1 amide bonds. The van der Waals surface area contributed by atoms with Crippen LogP contribution in [-0.4, -0.2) is 5.91 Å². The van der Waals surface area contributed by atoms with E-state index < -0.39 is 5.91 Å². The summed E-state index contributed by atoms with van der Waals surface area (Å²) in [5.74, 6) is -0.586. The van der Waals surface area contributed by atoms with Gasteiger partial charge in [-0.15, -0.1) is 6.58 Å². The second-order valence-corrected chi connectivity index (χ2v) is 3.42. The number of nitrogens with two attached hydrogens (primary N) is 1. The van der Waals surface area contributed by atoms with Crippen LogP contribution in [0.25, 0.3) is 0 Å². The molecule has 0 bridgehead atoms. The molecule has 0 spiro atoms. The molecule has 1 radical (unpaired) electrons. The van der Waals surface area contributed by atoms with Crippen LogP contribution in [0, 0.1) is 6.92 Å². The highest BCUT2D eigenvalue weighted by Gasteiger charge is 2.07. The van der Waals surface area contributed by atoms with Gasteiger partial charge < -0.3 is 5.73 Å². The van der Waals surface area contributed by atoms with E-state index in [1.165, 1.54) is 6.07 Å². The third-order valence-electron chi connectivity index (χ3n) is 1.92. The first-order chi connectivity index (χ1) is 6.54. The van der Waals surface area contributed by atoms with Crippen LogP contribution in [0.3, 0.4) is 0 Å². The lowest BCUT2D eigenvalue weighted by atomic mass is 9.99. The highest BCUT2D eigenvalue weighted by Crippen LogP contribution is 2.22. The van der Waals surface area contributed by atoms with E-state index in [1.807, 2.05) is 0 Å². The maximum Gasteiger partial charge on any atom is 0.248 e. The quantitative estimate of drug-likeness (QED) is 0.763. The first-order valence-electron chi connectivity index (χ1n) is 4.10. The number of primary amides is 1. The molecule has 0 aromatic heterocycles. The molecule has 0 aliphatic rings. The molecular formula is C11H11ClNO. The van der Waals surface area contributed by atoms with Crippen LogP contribution in [-0.2, 0) is 0 Å². The van der Waals surface area contributed by atoms with E-state index in [2.05, 4.69) is 13.5 Å². The van der Waals surface area contributed by atoms with Crippen molar-refractivity contribution in [1.82, 2.24) is 0 Å². The topological polar surface area (TPSA) is 43.1 Å². The predicted octanol–water partition coefficient (Wildman–Crippen LogP) is 2.54. The molecule has 0 aliphatic heterocycles. The molecular weight excluding hydrogens is 198 g/mol. The van der Waals surface area contributed by atoms with Crippen molar-refractivity contribution >= 4 is 17.5 Å². The fourth-order valence-electron chi connectivity index (χ4n) is 1.10. The summed E-state index contributed by atoms with van der Waals surface area (Å²) in [4.78, 5) is 10.9. The van der Waals surface area contributed by atoms with Crippen molar-refractivity contribution in [2.45, 2.75) is 5.92 Å². The van der Waals surface area contributed by atoms with Gasteiger partial charge in [0.25, 0.3) is 0 Å². The molecule has 1 atom stereocenters. The lowest BCUT2D eigenvalue weighted by molar-refractivity contribution is 0.1000. The Balaban J connectivity index is 3.19. The van der Waals surface area contributed by atoms with Crippen molar-refractivity contribution in [3.8, 4) is 0 Å². The molecule has 3 heteroatoms. The molecule has 0 saturated heterocycles. The van der Waals surface area contributed by atoms with Gasteiger partial charge in [0, 0.05) is 16.5 Å². The Hall–Kier alpha value is -1.28. The zero-order chi connectivity index (χ0) is 10.7. The Morgan fingerprint density at radius 1 is 1.50 bits per heavy atom. The fraction of sp³-hybridized carbons (Fsp3) is 0.0909. The Labute approximate surface area is 88.4 Å². The Kier molecular flexibility index (Phi) is 3.31. The first-order valence-corrected chi connectivity index (χ1v) is 4.48. The van der Waals surface area contributed by atoms with E-state index in [0.717, 1.165) is 5.56 Å². The first kappa shape index (κ1) is 10.8. The van der Waals surface area contributed by atoms with E-state index >= 15 is 0 Å². The van der Waals surface area contributed by atoms with Crippen LogP contribution in [0.2, 0.25) is 5.02 Å². The average molecular weight is 209 g/mol. The van der Waals surface area contributed by atoms with E-state index in [-0.39, 0.29) is 5.92 Å². The van der Waals surface area contributed by atoms with Crippen molar-refractivity contribution in [3.63, 3.8) is 0 Å². The van der Waals surface area contributed by atoms with E-state index in [0.29, 0.717) is 10.6 Å². The van der Waals surface area contributed by atoms with E-state index in [4.69, 9.17) is 17.3 Å². The Morgan fingerprint density at radius 3 is 2.64 bits per heavy atom. The smallest absolute Gasteiger partial charge is 0.248 e. The molecule has 1 rings (SSSR count).